The lowest BCUT2D eigenvalue weighted by molar-refractivity contribution is 0.00395. The van der Waals surface area contributed by atoms with Crippen LogP contribution in [0, 0.1) is 13.8 Å². The second-order valence-corrected chi connectivity index (χ2v) is 7.43. The summed E-state index contributed by atoms with van der Waals surface area (Å²) < 4.78 is 11.5. The van der Waals surface area contributed by atoms with Crippen LogP contribution >= 0.6 is 0 Å². The molecule has 1 amide bonds. The van der Waals surface area contributed by atoms with Gasteiger partial charge in [-0.1, -0.05) is 24.3 Å². The fourth-order valence-corrected chi connectivity index (χ4v) is 4.87. The Labute approximate surface area is 154 Å². The molecule has 2 aliphatic rings. The van der Waals surface area contributed by atoms with Crippen LogP contribution < -0.4 is 10.6 Å². The molecule has 138 valence electrons. The van der Waals surface area contributed by atoms with Crippen LogP contribution in [0.3, 0.4) is 0 Å². The maximum atomic E-state index is 12.9. The number of hydrogen-bond acceptors (Lipinski definition) is 4. The van der Waals surface area contributed by atoms with Crippen LogP contribution in [0.1, 0.15) is 51.9 Å². The molecule has 26 heavy (non-hydrogen) atoms. The van der Waals surface area contributed by atoms with E-state index in [-0.39, 0.29) is 23.5 Å². The third-order valence-corrected chi connectivity index (χ3v) is 6.00. The average molecular weight is 354 g/mol. The number of nitrogens with one attached hydrogen (secondary N) is 2. The first kappa shape index (κ1) is 17.3. The van der Waals surface area contributed by atoms with Crippen LogP contribution in [-0.4, -0.2) is 32.2 Å². The molecule has 2 heterocycles. The molecule has 1 aromatic heterocycles. The Hall–Kier alpha value is -2.11. The standard InChI is InChI=1S/C21H26N2O3/c1-13-12-16(14(2)26-13)20(24)23-18-15-6-4-5-7-17(15)21(19(18)25-3)8-10-22-11-9-21/h4-7,12,18-19,22H,8-11H2,1-3H3,(H,23,24)/t18-,19+/m0/s1. The molecule has 4 rings (SSSR count). The fraction of sp³-hybridized carbons (Fsp3) is 0.476. The highest BCUT2D eigenvalue weighted by Gasteiger charge is 2.53. The van der Waals surface area contributed by atoms with E-state index in [9.17, 15) is 4.79 Å². The number of fused-ring (bicyclic) bond motifs is 2. The van der Waals surface area contributed by atoms with Gasteiger partial charge >= 0.3 is 0 Å². The number of piperidine rings is 1. The van der Waals surface area contributed by atoms with Crippen LogP contribution in [0.25, 0.3) is 0 Å². The molecule has 5 heteroatoms. The minimum atomic E-state index is -0.156. The molecular weight excluding hydrogens is 328 g/mol. The largest absolute Gasteiger partial charge is 0.466 e. The van der Waals surface area contributed by atoms with E-state index in [1.807, 2.05) is 19.9 Å². The molecule has 0 unspecified atom stereocenters. The van der Waals surface area contributed by atoms with Crippen LogP contribution in [-0.2, 0) is 10.2 Å². The molecule has 1 aliphatic carbocycles. The molecule has 1 fully saturated rings. The van der Waals surface area contributed by atoms with Gasteiger partial charge in [-0.05, 0) is 57.0 Å². The first-order valence-electron chi connectivity index (χ1n) is 9.27. The number of rotatable bonds is 3. The van der Waals surface area contributed by atoms with Crippen LogP contribution in [0.15, 0.2) is 34.7 Å². The van der Waals surface area contributed by atoms with Gasteiger partial charge in [0.1, 0.15) is 11.5 Å². The third-order valence-electron chi connectivity index (χ3n) is 6.00. The minimum absolute atomic E-state index is 0.0457. The second-order valence-electron chi connectivity index (χ2n) is 7.43. The number of furan rings is 1. The summed E-state index contributed by atoms with van der Waals surface area (Å²) in [5.74, 6) is 1.29. The van der Waals surface area contributed by atoms with Gasteiger partial charge in [0, 0.05) is 12.5 Å². The van der Waals surface area contributed by atoms with Gasteiger partial charge in [0.05, 0.1) is 17.7 Å². The zero-order valence-corrected chi connectivity index (χ0v) is 15.6. The SMILES string of the molecule is CO[C@@H]1[C@@H](NC(=O)c2cc(C)oc2C)c2ccccc2C12CCNCC2. The molecule has 2 N–H and O–H groups in total. The molecule has 0 radical (unpaired) electrons. The maximum absolute atomic E-state index is 12.9. The van der Waals surface area contributed by atoms with Gasteiger partial charge in [0.15, 0.2) is 0 Å². The minimum Gasteiger partial charge on any atom is -0.466 e. The van der Waals surface area contributed by atoms with Gasteiger partial charge in [0.2, 0.25) is 0 Å². The predicted molar refractivity (Wildman–Crippen MR) is 99.4 cm³/mol. The molecule has 1 saturated heterocycles. The van der Waals surface area contributed by atoms with Crippen LogP contribution in [0.2, 0.25) is 0 Å². The van der Waals surface area contributed by atoms with Crippen molar-refractivity contribution in [3.05, 3.63) is 58.5 Å². The first-order valence-corrected chi connectivity index (χ1v) is 9.27. The Morgan fingerprint density at radius 2 is 2.00 bits per heavy atom. The van der Waals surface area contributed by atoms with E-state index in [0.717, 1.165) is 31.7 Å². The van der Waals surface area contributed by atoms with Crippen molar-refractivity contribution < 1.29 is 13.9 Å². The summed E-state index contributed by atoms with van der Waals surface area (Å²) in [6.45, 7) is 5.62. The van der Waals surface area contributed by atoms with Gasteiger partial charge < -0.3 is 19.8 Å². The van der Waals surface area contributed by atoms with Crippen LogP contribution in [0.5, 0.6) is 0 Å². The van der Waals surface area contributed by atoms with Crippen molar-refractivity contribution in [2.24, 2.45) is 0 Å². The molecule has 2 aromatic rings. The Bertz CT molecular complexity index is 820. The topological polar surface area (TPSA) is 63.5 Å². The van der Waals surface area contributed by atoms with Gasteiger partial charge in [-0.2, -0.15) is 0 Å². The van der Waals surface area contributed by atoms with E-state index in [0.29, 0.717) is 11.3 Å². The number of carbonyl (C=O) groups excluding carboxylic acids is 1. The summed E-state index contributed by atoms with van der Waals surface area (Å²) in [4.78, 5) is 12.9. The average Bonchev–Trinajstić information content (AvgIpc) is 3.11. The summed E-state index contributed by atoms with van der Waals surface area (Å²) in [5, 5.41) is 6.68. The van der Waals surface area contributed by atoms with Gasteiger partial charge in [-0.15, -0.1) is 0 Å². The van der Waals surface area contributed by atoms with E-state index >= 15 is 0 Å². The molecule has 2 atom stereocenters. The normalized spacial score (nSPS) is 23.8. The molecular formula is C21H26N2O3. The molecule has 1 aliphatic heterocycles. The fourth-order valence-electron chi connectivity index (χ4n) is 4.87. The molecule has 1 aromatic carbocycles. The lowest BCUT2D eigenvalue weighted by atomic mass is 9.72. The van der Waals surface area contributed by atoms with Crippen molar-refractivity contribution in [1.82, 2.24) is 10.6 Å². The highest BCUT2D eigenvalue weighted by molar-refractivity contribution is 5.95. The lowest BCUT2D eigenvalue weighted by Gasteiger charge is -2.40. The summed E-state index contributed by atoms with van der Waals surface area (Å²) in [6.07, 6.45) is 1.96. The van der Waals surface area contributed by atoms with E-state index in [1.54, 1.807) is 13.2 Å². The van der Waals surface area contributed by atoms with E-state index in [2.05, 4.69) is 28.8 Å². The number of methoxy groups -OCH3 is 1. The highest BCUT2D eigenvalue weighted by atomic mass is 16.5. The summed E-state index contributed by atoms with van der Waals surface area (Å²) in [6, 6.07) is 10.1. The van der Waals surface area contributed by atoms with Crippen molar-refractivity contribution >= 4 is 5.91 Å². The van der Waals surface area contributed by atoms with Crippen LogP contribution in [0.4, 0.5) is 0 Å². The number of aryl methyl sites for hydroxylation is 2. The zero-order chi connectivity index (χ0) is 18.3. The Morgan fingerprint density at radius 3 is 2.65 bits per heavy atom. The van der Waals surface area contributed by atoms with Crippen molar-refractivity contribution in [1.29, 1.82) is 0 Å². The summed E-state index contributed by atoms with van der Waals surface area (Å²) in [5.41, 5.74) is 3.04. The van der Waals surface area contributed by atoms with Gasteiger partial charge in [-0.25, -0.2) is 0 Å². The van der Waals surface area contributed by atoms with Crippen molar-refractivity contribution in [3.8, 4) is 0 Å². The highest BCUT2D eigenvalue weighted by Crippen LogP contribution is 2.51. The molecule has 5 nitrogen and oxygen atoms in total. The smallest absolute Gasteiger partial charge is 0.255 e. The first-order chi connectivity index (χ1) is 12.6. The van der Waals surface area contributed by atoms with Crippen molar-refractivity contribution in [2.75, 3.05) is 20.2 Å². The maximum Gasteiger partial charge on any atom is 0.255 e. The lowest BCUT2D eigenvalue weighted by Crippen LogP contribution is -2.49. The van der Waals surface area contributed by atoms with Crippen molar-refractivity contribution in [3.63, 3.8) is 0 Å². The molecule has 1 spiro atoms. The number of amides is 1. The second kappa shape index (κ2) is 6.56. The molecule has 0 bridgehead atoms. The quantitative estimate of drug-likeness (QED) is 0.889. The van der Waals surface area contributed by atoms with E-state index in [1.165, 1.54) is 11.1 Å². The third kappa shape index (κ3) is 2.58. The predicted octanol–water partition coefficient (Wildman–Crippen LogP) is 3.02. The van der Waals surface area contributed by atoms with Gasteiger partial charge in [0.25, 0.3) is 5.91 Å². The van der Waals surface area contributed by atoms with Crippen molar-refractivity contribution in [2.45, 2.75) is 44.2 Å². The Balaban J connectivity index is 1.71. The monoisotopic (exact) mass is 354 g/mol. The Morgan fingerprint density at radius 1 is 1.27 bits per heavy atom. The number of benzene rings is 1. The van der Waals surface area contributed by atoms with Gasteiger partial charge in [-0.3, -0.25) is 4.79 Å². The number of carbonyl (C=O) groups is 1. The van der Waals surface area contributed by atoms with E-state index < -0.39 is 0 Å². The van der Waals surface area contributed by atoms with E-state index in [4.69, 9.17) is 9.15 Å². The Kier molecular flexibility index (Phi) is 4.37. The zero-order valence-electron chi connectivity index (χ0n) is 15.6. The summed E-state index contributed by atoms with van der Waals surface area (Å²) >= 11 is 0. The number of hydrogen-bond donors (Lipinski definition) is 2. The summed E-state index contributed by atoms with van der Waals surface area (Å²) in [7, 11) is 1.76. The number of ether oxygens (including phenoxy) is 1. The molecule has 0 saturated carbocycles.